The summed E-state index contributed by atoms with van der Waals surface area (Å²) in [6, 6.07) is 3.99. The van der Waals surface area contributed by atoms with Crippen LogP contribution in [0.3, 0.4) is 0 Å². The molecule has 6 heteroatoms. The quantitative estimate of drug-likeness (QED) is 0.626. The summed E-state index contributed by atoms with van der Waals surface area (Å²) in [5.41, 5.74) is 5.47. The van der Waals surface area contributed by atoms with Gasteiger partial charge in [-0.15, -0.1) is 12.4 Å². The Labute approximate surface area is 139 Å². The zero-order chi connectivity index (χ0) is 14.4. The van der Waals surface area contributed by atoms with Gasteiger partial charge in [-0.3, -0.25) is 4.68 Å². The molecule has 3 aromatic rings. The van der Waals surface area contributed by atoms with E-state index in [-0.39, 0.29) is 12.4 Å². The van der Waals surface area contributed by atoms with E-state index in [1.807, 2.05) is 12.3 Å². The van der Waals surface area contributed by atoms with E-state index in [1.165, 1.54) is 18.5 Å². The van der Waals surface area contributed by atoms with Crippen LogP contribution in [0.2, 0.25) is 5.15 Å². The highest BCUT2D eigenvalue weighted by Crippen LogP contribution is 2.29. The molecule has 0 amide bonds. The zero-order valence-electron chi connectivity index (χ0n) is 12.2. The Morgan fingerprint density at radius 1 is 1.18 bits per heavy atom. The van der Waals surface area contributed by atoms with Crippen LogP contribution < -0.4 is 0 Å². The topological polar surface area (TPSA) is 43.6 Å². The van der Waals surface area contributed by atoms with Crippen molar-refractivity contribution in [1.29, 1.82) is 0 Å². The van der Waals surface area contributed by atoms with Crippen molar-refractivity contribution in [3.05, 3.63) is 40.9 Å². The molecule has 0 saturated heterocycles. The summed E-state index contributed by atoms with van der Waals surface area (Å²) in [6.45, 7) is 3.10. The highest BCUT2D eigenvalue weighted by atomic mass is 35.5. The van der Waals surface area contributed by atoms with Gasteiger partial charge in [-0.05, 0) is 43.9 Å². The van der Waals surface area contributed by atoms with Crippen LogP contribution in [0.15, 0.2) is 24.5 Å². The Morgan fingerprint density at radius 2 is 2.05 bits per heavy atom. The third-order valence-electron chi connectivity index (χ3n) is 4.13. The van der Waals surface area contributed by atoms with Crippen molar-refractivity contribution in [3.63, 3.8) is 0 Å². The number of nitrogens with zero attached hydrogens (tertiary/aromatic N) is 4. The third kappa shape index (κ3) is 2.46. The second-order valence-electron chi connectivity index (χ2n) is 5.53. The number of hydrogen-bond donors (Lipinski definition) is 0. The van der Waals surface area contributed by atoms with Gasteiger partial charge in [-0.25, -0.2) is 9.97 Å². The Kier molecular flexibility index (Phi) is 4.06. The number of aromatic nitrogens is 4. The molecule has 0 spiro atoms. The normalized spacial score (nSPS) is 13.7. The van der Waals surface area contributed by atoms with E-state index in [0.29, 0.717) is 5.15 Å². The molecule has 0 aromatic carbocycles. The minimum absolute atomic E-state index is 0. The lowest BCUT2D eigenvalue weighted by atomic mass is 10.0. The molecule has 0 radical (unpaired) electrons. The van der Waals surface area contributed by atoms with Gasteiger partial charge in [0.15, 0.2) is 0 Å². The molecule has 0 atom stereocenters. The largest absolute Gasteiger partial charge is 0.269 e. The molecule has 0 N–H and O–H groups in total. The number of halogens is 2. The smallest absolute Gasteiger partial charge is 0.129 e. The Bertz CT molecular complexity index is 842. The fourth-order valence-corrected chi connectivity index (χ4v) is 3.20. The maximum atomic E-state index is 5.97. The molecule has 0 fully saturated rings. The van der Waals surface area contributed by atoms with Crippen LogP contribution >= 0.6 is 24.0 Å². The highest BCUT2D eigenvalue weighted by Gasteiger charge is 2.17. The van der Waals surface area contributed by atoms with E-state index in [0.717, 1.165) is 40.7 Å². The first-order chi connectivity index (χ1) is 10.2. The number of hydrogen-bond acceptors (Lipinski definition) is 3. The lowest BCUT2D eigenvalue weighted by molar-refractivity contribution is 0.487. The van der Waals surface area contributed by atoms with Crippen LogP contribution in [0, 0.1) is 6.92 Å². The van der Waals surface area contributed by atoms with Crippen molar-refractivity contribution in [1.82, 2.24) is 19.7 Å². The van der Waals surface area contributed by atoms with Gasteiger partial charge < -0.3 is 0 Å². The molecule has 0 aliphatic carbocycles. The lowest BCUT2D eigenvalue weighted by Gasteiger charge is -2.15. The van der Waals surface area contributed by atoms with Crippen molar-refractivity contribution in [2.75, 3.05) is 0 Å². The van der Waals surface area contributed by atoms with E-state index < -0.39 is 0 Å². The molecule has 4 rings (SSSR count). The second kappa shape index (κ2) is 5.86. The van der Waals surface area contributed by atoms with Crippen LogP contribution in [0.25, 0.3) is 22.2 Å². The van der Waals surface area contributed by atoms with Crippen LogP contribution in [0.5, 0.6) is 0 Å². The zero-order valence-corrected chi connectivity index (χ0v) is 13.8. The predicted molar refractivity (Wildman–Crippen MR) is 90.7 cm³/mol. The fraction of sp³-hybridized carbons (Fsp3) is 0.312. The minimum atomic E-state index is 0. The molecule has 3 aromatic heterocycles. The third-order valence-corrected chi connectivity index (χ3v) is 4.33. The number of aryl methyl sites for hydroxylation is 2. The van der Waals surface area contributed by atoms with E-state index in [1.54, 1.807) is 6.20 Å². The van der Waals surface area contributed by atoms with E-state index in [4.69, 9.17) is 16.6 Å². The van der Waals surface area contributed by atoms with Gasteiger partial charge in [-0.1, -0.05) is 11.6 Å². The lowest BCUT2D eigenvalue weighted by Crippen LogP contribution is -2.11. The van der Waals surface area contributed by atoms with Gasteiger partial charge in [0.25, 0.3) is 0 Å². The van der Waals surface area contributed by atoms with Crippen LogP contribution in [-0.2, 0) is 13.0 Å². The Balaban J connectivity index is 0.00000144. The molecule has 22 heavy (non-hydrogen) atoms. The van der Waals surface area contributed by atoms with Gasteiger partial charge in [0.2, 0.25) is 0 Å². The number of rotatable bonds is 1. The fourth-order valence-electron chi connectivity index (χ4n) is 3.05. The monoisotopic (exact) mass is 334 g/mol. The van der Waals surface area contributed by atoms with Gasteiger partial charge in [0.05, 0.1) is 23.6 Å². The average molecular weight is 335 g/mol. The SMILES string of the molecule is Cc1cc(-c2cnn3c2CCCC3)nc2cnc(Cl)cc12.Cl. The summed E-state index contributed by atoms with van der Waals surface area (Å²) >= 11 is 5.97. The van der Waals surface area contributed by atoms with Crippen molar-refractivity contribution in [3.8, 4) is 11.3 Å². The van der Waals surface area contributed by atoms with E-state index in [9.17, 15) is 0 Å². The second-order valence-corrected chi connectivity index (χ2v) is 5.92. The molecule has 4 heterocycles. The summed E-state index contributed by atoms with van der Waals surface area (Å²) in [6.07, 6.45) is 7.19. The number of pyridine rings is 2. The predicted octanol–water partition coefficient (Wildman–Crippen LogP) is 4.21. The van der Waals surface area contributed by atoms with Crippen molar-refractivity contribution >= 4 is 34.9 Å². The first kappa shape index (κ1) is 15.3. The van der Waals surface area contributed by atoms with Crippen molar-refractivity contribution < 1.29 is 0 Å². The molecule has 0 unspecified atom stereocenters. The van der Waals surface area contributed by atoms with E-state index in [2.05, 4.69) is 27.8 Å². The van der Waals surface area contributed by atoms with Crippen LogP contribution in [0.1, 0.15) is 24.1 Å². The molecule has 1 aliphatic heterocycles. The van der Waals surface area contributed by atoms with Crippen molar-refractivity contribution in [2.45, 2.75) is 32.7 Å². The standard InChI is InChI=1S/C16H15ClN4.ClH/c1-10-6-13(20-14-9-18-16(17)7-11(10)14)12-8-19-21-5-3-2-4-15(12)21;/h6-9H,2-5H2,1H3;1H. The first-order valence-electron chi connectivity index (χ1n) is 7.20. The average Bonchev–Trinajstić information content (AvgIpc) is 2.92. The highest BCUT2D eigenvalue weighted by molar-refractivity contribution is 6.30. The number of fused-ring (bicyclic) bond motifs is 2. The summed E-state index contributed by atoms with van der Waals surface area (Å²) in [7, 11) is 0. The molecule has 0 saturated carbocycles. The van der Waals surface area contributed by atoms with Crippen molar-refractivity contribution in [2.24, 2.45) is 0 Å². The summed E-state index contributed by atoms with van der Waals surface area (Å²) in [5, 5.41) is 6.06. The van der Waals surface area contributed by atoms with Crippen LogP contribution in [-0.4, -0.2) is 19.7 Å². The maximum Gasteiger partial charge on any atom is 0.129 e. The molecule has 4 nitrogen and oxygen atoms in total. The van der Waals surface area contributed by atoms with Crippen LogP contribution in [0.4, 0.5) is 0 Å². The van der Waals surface area contributed by atoms with Gasteiger partial charge in [0.1, 0.15) is 5.15 Å². The van der Waals surface area contributed by atoms with Gasteiger partial charge in [-0.2, -0.15) is 5.10 Å². The summed E-state index contributed by atoms with van der Waals surface area (Å²) in [5.74, 6) is 0. The summed E-state index contributed by atoms with van der Waals surface area (Å²) < 4.78 is 2.11. The molecule has 0 bridgehead atoms. The Hall–Kier alpha value is -1.65. The molecule has 114 valence electrons. The minimum Gasteiger partial charge on any atom is -0.269 e. The molecular weight excluding hydrogens is 319 g/mol. The van der Waals surface area contributed by atoms with Gasteiger partial charge >= 0.3 is 0 Å². The van der Waals surface area contributed by atoms with Gasteiger partial charge in [0, 0.05) is 23.2 Å². The molecular formula is C16H16Cl2N4. The summed E-state index contributed by atoms with van der Waals surface area (Å²) in [4.78, 5) is 8.89. The molecule has 1 aliphatic rings. The first-order valence-corrected chi connectivity index (χ1v) is 7.58. The van der Waals surface area contributed by atoms with E-state index >= 15 is 0 Å². The Morgan fingerprint density at radius 3 is 2.91 bits per heavy atom. The maximum absolute atomic E-state index is 5.97.